The Bertz CT molecular complexity index is 179. The van der Waals surface area contributed by atoms with Crippen molar-refractivity contribution in [2.75, 3.05) is 0 Å². The Morgan fingerprint density at radius 3 is 3.00 bits per heavy atom. The van der Waals surface area contributed by atoms with E-state index in [0.717, 1.165) is 18.7 Å². The van der Waals surface area contributed by atoms with Crippen LogP contribution in [0.3, 0.4) is 0 Å². The number of hydrogen-bond donors (Lipinski definition) is 0. The lowest BCUT2D eigenvalue weighted by Gasteiger charge is -1.93. The molecule has 0 aliphatic carbocycles. The molecule has 1 aromatic rings. The first-order valence-corrected chi connectivity index (χ1v) is 3.12. The van der Waals surface area contributed by atoms with Crippen LogP contribution in [0.2, 0.25) is 0 Å². The standard InChI is InChI=1S/C7H11N2/c1-3-5-9-6-4-7(2)8-9/h4,6H,1,3,5H2,2H3. The second-order valence-corrected chi connectivity index (χ2v) is 2.07. The molecule has 0 spiro atoms. The van der Waals surface area contributed by atoms with Crippen LogP contribution in [0.4, 0.5) is 0 Å². The molecule has 2 heteroatoms. The number of aryl methyl sites for hydroxylation is 2. The number of nitrogens with zero attached hydrogens (tertiary/aromatic N) is 2. The van der Waals surface area contributed by atoms with Gasteiger partial charge >= 0.3 is 0 Å². The van der Waals surface area contributed by atoms with E-state index in [-0.39, 0.29) is 0 Å². The molecule has 0 aromatic carbocycles. The quantitative estimate of drug-likeness (QED) is 0.581. The van der Waals surface area contributed by atoms with Crippen LogP contribution in [0.1, 0.15) is 12.1 Å². The number of hydrogen-bond acceptors (Lipinski definition) is 1. The summed E-state index contributed by atoms with van der Waals surface area (Å²) in [5.41, 5.74) is 1.07. The fraction of sp³-hybridized carbons (Fsp3) is 0.429. The predicted molar refractivity (Wildman–Crippen MR) is 36.9 cm³/mol. The van der Waals surface area contributed by atoms with Crippen LogP contribution in [-0.2, 0) is 6.54 Å². The van der Waals surface area contributed by atoms with Gasteiger partial charge in [-0.15, -0.1) is 0 Å². The Balaban J connectivity index is 2.61. The minimum absolute atomic E-state index is 0.904. The van der Waals surface area contributed by atoms with Crippen LogP contribution < -0.4 is 0 Å². The van der Waals surface area contributed by atoms with E-state index in [1.807, 2.05) is 23.9 Å². The Labute approximate surface area is 55.5 Å². The van der Waals surface area contributed by atoms with Gasteiger partial charge in [-0.3, -0.25) is 4.68 Å². The first-order valence-electron chi connectivity index (χ1n) is 3.12. The normalized spacial score (nSPS) is 10.0. The molecule has 0 unspecified atom stereocenters. The summed E-state index contributed by atoms with van der Waals surface area (Å²) in [6, 6.07) is 2.00. The maximum atomic E-state index is 4.18. The monoisotopic (exact) mass is 123 g/mol. The highest BCUT2D eigenvalue weighted by atomic mass is 15.3. The summed E-state index contributed by atoms with van der Waals surface area (Å²) in [5, 5.41) is 4.18. The molecule has 9 heavy (non-hydrogen) atoms. The van der Waals surface area contributed by atoms with Crippen molar-refractivity contribution in [3.63, 3.8) is 0 Å². The largest absolute Gasteiger partial charge is 0.273 e. The number of aromatic nitrogens is 2. The van der Waals surface area contributed by atoms with Gasteiger partial charge in [-0.25, -0.2) is 0 Å². The zero-order chi connectivity index (χ0) is 6.69. The molecule has 1 aromatic heterocycles. The van der Waals surface area contributed by atoms with Gasteiger partial charge in [-0.05, 0) is 19.4 Å². The molecule has 0 fully saturated rings. The predicted octanol–water partition coefficient (Wildman–Crippen LogP) is 1.42. The van der Waals surface area contributed by atoms with Crippen molar-refractivity contribution in [3.8, 4) is 0 Å². The SMILES string of the molecule is [CH2]CCn1ccc(C)n1. The molecular weight excluding hydrogens is 112 g/mol. The van der Waals surface area contributed by atoms with Crippen molar-refractivity contribution < 1.29 is 0 Å². The third-order valence-electron chi connectivity index (χ3n) is 1.16. The van der Waals surface area contributed by atoms with Crippen LogP contribution in [0, 0.1) is 13.8 Å². The molecule has 0 atom stereocenters. The molecule has 0 bridgehead atoms. The van der Waals surface area contributed by atoms with Gasteiger partial charge in [0.15, 0.2) is 0 Å². The molecule has 1 radical (unpaired) electrons. The summed E-state index contributed by atoms with van der Waals surface area (Å²) in [6.07, 6.45) is 2.88. The average Bonchev–Trinajstić information content (AvgIpc) is 2.17. The fourth-order valence-corrected chi connectivity index (χ4v) is 0.750. The third-order valence-corrected chi connectivity index (χ3v) is 1.16. The Morgan fingerprint density at radius 2 is 2.56 bits per heavy atom. The molecule has 0 saturated carbocycles. The first kappa shape index (κ1) is 6.33. The summed E-state index contributed by atoms with van der Waals surface area (Å²) >= 11 is 0. The van der Waals surface area contributed by atoms with Crippen LogP contribution in [0.5, 0.6) is 0 Å². The van der Waals surface area contributed by atoms with Gasteiger partial charge in [0, 0.05) is 12.7 Å². The molecule has 0 N–H and O–H groups in total. The van der Waals surface area contributed by atoms with Crippen LogP contribution in [0.15, 0.2) is 12.3 Å². The molecule has 0 aliphatic rings. The topological polar surface area (TPSA) is 17.8 Å². The number of rotatable bonds is 2. The van der Waals surface area contributed by atoms with E-state index in [9.17, 15) is 0 Å². The van der Waals surface area contributed by atoms with Crippen molar-refractivity contribution in [3.05, 3.63) is 24.9 Å². The maximum absolute atomic E-state index is 4.18. The van der Waals surface area contributed by atoms with E-state index in [1.54, 1.807) is 0 Å². The highest BCUT2D eigenvalue weighted by molar-refractivity contribution is 4.94. The molecule has 1 rings (SSSR count). The van der Waals surface area contributed by atoms with E-state index in [0.29, 0.717) is 0 Å². The Morgan fingerprint density at radius 1 is 1.78 bits per heavy atom. The Kier molecular flexibility index (Phi) is 1.88. The third kappa shape index (κ3) is 1.56. The Hall–Kier alpha value is -0.790. The van der Waals surface area contributed by atoms with E-state index in [2.05, 4.69) is 12.0 Å². The van der Waals surface area contributed by atoms with Gasteiger partial charge in [0.25, 0.3) is 0 Å². The maximum Gasteiger partial charge on any atom is 0.0593 e. The van der Waals surface area contributed by atoms with Crippen molar-refractivity contribution >= 4 is 0 Å². The lowest BCUT2D eigenvalue weighted by molar-refractivity contribution is 0.617. The minimum atomic E-state index is 0.904. The zero-order valence-electron chi connectivity index (χ0n) is 5.67. The molecule has 49 valence electrons. The van der Waals surface area contributed by atoms with Gasteiger partial charge in [-0.2, -0.15) is 5.10 Å². The highest BCUT2D eigenvalue weighted by Gasteiger charge is 1.88. The summed E-state index contributed by atoms with van der Waals surface area (Å²) < 4.78 is 1.91. The first-order chi connectivity index (χ1) is 4.33. The van der Waals surface area contributed by atoms with Gasteiger partial charge < -0.3 is 0 Å². The van der Waals surface area contributed by atoms with Crippen molar-refractivity contribution in [1.29, 1.82) is 0 Å². The lowest BCUT2D eigenvalue weighted by Crippen LogP contribution is -1.96. The van der Waals surface area contributed by atoms with Crippen LogP contribution in [0.25, 0.3) is 0 Å². The fourth-order valence-electron chi connectivity index (χ4n) is 0.750. The molecule has 0 aliphatic heterocycles. The smallest absolute Gasteiger partial charge is 0.0593 e. The van der Waals surface area contributed by atoms with Gasteiger partial charge in [-0.1, -0.05) is 6.92 Å². The van der Waals surface area contributed by atoms with E-state index in [4.69, 9.17) is 0 Å². The second-order valence-electron chi connectivity index (χ2n) is 2.07. The summed E-state index contributed by atoms with van der Waals surface area (Å²) in [5.74, 6) is 0. The molecular formula is C7H11N2. The minimum Gasteiger partial charge on any atom is -0.273 e. The van der Waals surface area contributed by atoms with Gasteiger partial charge in [0.05, 0.1) is 5.69 Å². The molecule has 0 amide bonds. The molecule has 2 nitrogen and oxygen atoms in total. The summed E-state index contributed by atoms with van der Waals surface area (Å²) in [4.78, 5) is 0. The van der Waals surface area contributed by atoms with Gasteiger partial charge in [0.2, 0.25) is 0 Å². The highest BCUT2D eigenvalue weighted by Crippen LogP contribution is 1.92. The van der Waals surface area contributed by atoms with Crippen molar-refractivity contribution in [1.82, 2.24) is 9.78 Å². The van der Waals surface area contributed by atoms with E-state index >= 15 is 0 Å². The van der Waals surface area contributed by atoms with Crippen LogP contribution >= 0.6 is 0 Å². The molecule has 1 heterocycles. The van der Waals surface area contributed by atoms with E-state index < -0.39 is 0 Å². The molecule has 0 saturated heterocycles. The zero-order valence-corrected chi connectivity index (χ0v) is 5.67. The second kappa shape index (κ2) is 2.67. The van der Waals surface area contributed by atoms with Crippen molar-refractivity contribution in [2.45, 2.75) is 19.9 Å². The average molecular weight is 123 g/mol. The van der Waals surface area contributed by atoms with Crippen LogP contribution in [-0.4, -0.2) is 9.78 Å². The van der Waals surface area contributed by atoms with E-state index in [1.165, 1.54) is 0 Å². The summed E-state index contributed by atoms with van der Waals surface area (Å²) in [7, 11) is 0. The summed E-state index contributed by atoms with van der Waals surface area (Å²) in [6.45, 7) is 6.64. The van der Waals surface area contributed by atoms with Gasteiger partial charge in [0.1, 0.15) is 0 Å². The lowest BCUT2D eigenvalue weighted by atomic mass is 10.5. The van der Waals surface area contributed by atoms with Crippen molar-refractivity contribution in [2.24, 2.45) is 0 Å².